The van der Waals surface area contributed by atoms with E-state index < -0.39 is 5.63 Å². The van der Waals surface area contributed by atoms with E-state index in [1.165, 1.54) is 11.3 Å². The quantitative estimate of drug-likeness (QED) is 0.433. The van der Waals surface area contributed by atoms with Crippen molar-refractivity contribution in [3.8, 4) is 0 Å². The number of aryl methyl sites for hydroxylation is 1. The van der Waals surface area contributed by atoms with E-state index in [9.17, 15) is 4.79 Å². The average Bonchev–Trinajstić information content (AvgIpc) is 2.92. The van der Waals surface area contributed by atoms with Crippen LogP contribution in [0.2, 0.25) is 0 Å². The molecule has 0 aliphatic carbocycles. The molecule has 0 saturated carbocycles. The summed E-state index contributed by atoms with van der Waals surface area (Å²) in [5.74, 6) is 0.288. The van der Waals surface area contributed by atoms with Gasteiger partial charge in [0.2, 0.25) is 0 Å². The number of nitrogens with two attached hydrogens (primary N) is 1. The number of benzene rings is 1. The Morgan fingerprint density at radius 3 is 2.58 bits per heavy atom. The van der Waals surface area contributed by atoms with E-state index in [0.29, 0.717) is 37.3 Å². The molecule has 0 atom stereocenters. The van der Waals surface area contributed by atoms with Gasteiger partial charge in [0.1, 0.15) is 20.6 Å². The van der Waals surface area contributed by atoms with Gasteiger partial charge in [0.05, 0.1) is 22.1 Å². The average molecular weight is 335 g/mol. The second-order valence-electron chi connectivity index (χ2n) is 5.39. The summed E-state index contributed by atoms with van der Waals surface area (Å²) in [5.41, 5.74) is 9.28. The Kier molecular flexibility index (Phi) is 2.47. The predicted molar refractivity (Wildman–Crippen MR) is 93.2 cm³/mol. The standard InChI is InChI=1S/C16H9N5O2S/c1-6-18-11-9-10(17)12-14(20-8-5-3-2-4-7(8)19-12)21-15(9)24-13(11)16(22)23-6/h2-5H,1H3,(H2,17,20,21). The van der Waals surface area contributed by atoms with Gasteiger partial charge in [-0.2, -0.15) is 0 Å². The number of nitrogens with zero attached hydrogens (tertiary/aromatic N) is 4. The third-order valence-corrected chi connectivity index (χ3v) is 4.90. The van der Waals surface area contributed by atoms with Gasteiger partial charge in [0.15, 0.2) is 11.5 Å². The summed E-state index contributed by atoms with van der Waals surface area (Å²) < 4.78 is 5.46. The van der Waals surface area contributed by atoms with E-state index in [1.54, 1.807) is 6.92 Å². The lowest BCUT2D eigenvalue weighted by atomic mass is 10.2. The number of para-hydroxylation sites is 2. The molecule has 116 valence electrons. The van der Waals surface area contributed by atoms with Gasteiger partial charge < -0.3 is 10.2 Å². The number of fused-ring (bicyclic) bond motifs is 5. The van der Waals surface area contributed by atoms with Crippen molar-refractivity contribution in [1.29, 1.82) is 0 Å². The van der Waals surface area contributed by atoms with Gasteiger partial charge in [-0.15, -0.1) is 11.3 Å². The van der Waals surface area contributed by atoms with Crippen molar-refractivity contribution in [2.75, 3.05) is 5.73 Å². The third-order valence-electron chi connectivity index (χ3n) is 3.84. The van der Waals surface area contributed by atoms with Gasteiger partial charge in [-0.25, -0.2) is 24.7 Å². The molecule has 0 spiro atoms. The fourth-order valence-corrected chi connectivity index (χ4v) is 3.81. The van der Waals surface area contributed by atoms with Crippen molar-refractivity contribution < 1.29 is 4.42 Å². The lowest BCUT2D eigenvalue weighted by Crippen LogP contribution is -2.00. The molecular formula is C16H9N5O2S. The molecule has 4 aromatic heterocycles. The van der Waals surface area contributed by atoms with Crippen LogP contribution in [0.3, 0.4) is 0 Å². The molecule has 5 rings (SSSR count). The minimum Gasteiger partial charge on any atom is -0.408 e. The highest BCUT2D eigenvalue weighted by atomic mass is 32.1. The minimum absolute atomic E-state index is 0.288. The second-order valence-corrected chi connectivity index (χ2v) is 6.39. The Morgan fingerprint density at radius 1 is 1.04 bits per heavy atom. The normalized spacial score (nSPS) is 11.9. The number of thiophene rings is 1. The fourth-order valence-electron chi connectivity index (χ4n) is 2.80. The molecule has 24 heavy (non-hydrogen) atoms. The number of pyridine rings is 1. The SMILES string of the molecule is Cc1nc2c(sc3nc4nc5ccccc5nc4c(N)c32)c(=O)o1. The smallest absolute Gasteiger partial charge is 0.357 e. The molecule has 0 unspecified atom stereocenters. The summed E-state index contributed by atoms with van der Waals surface area (Å²) in [7, 11) is 0. The van der Waals surface area contributed by atoms with E-state index in [0.717, 1.165) is 11.0 Å². The minimum atomic E-state index is -0.435. The molecule has 0 radical (unpaired) electrons. The molecule has 8 heteroatoms. The fraction of sp³-hybridized carbons (Fsp3) is 0.0625. The summed E-state index contributed by atoms with van der Waals surface area (Å²) in [4.78, 5) is 30.7. The second kappa shape index (κ2) is 4.45. The van der Waals surface area contributed by atoms with Crippen molar-refractivity contribution in [2.24, 2.45) is 0 Å². The Hall–Kier alpha value is -3.13. The van der Waals surface area contributed by atoms with E-state index >= 15 is 0 Å². The maximum absolute atomic E-state index is 12.1. The van der Waals surface area contributed by atoms with Crippen molar-refractivity contribution in [3.63, 3.8) is 0 Å². The van der Waals surface area contributed by atoms with Gasteiger partial charge in [0.25, 0.3) is 0 Å². The molecule has 0 aliphatic heterocycles. The van der Waals surface area contributed by atoms with Crippen molar-refractivity contribution >= 4 is 59.7 Å². The van der Waals surface area contributed by atoms with E-state index in [-0.39, 0.29) is 5.89 Å². The highest BCUT2D eigenvalue weighted by molar-refractivity contribution is 7.25. The zero-order valence-electron chi connectivity index (χ0n) is 12.4. The summed E-state index contributed by atoms with van der Waals surface area (Å²) in [5, 5.41) is 0.628. The molecule has 4 heterocycles. The van der Waals surface area contributed by atoms with E-state index in [1.807, 2.05) is 24.3 Å². The zero-order valence-corrected chi connectivity index (χ0v) is 13.2. The highest BCUT2D eigenvalue weighted by Gasteiger charge is 2.19. The van der Waals surface area contributed by atoms with Crippen LogP contribution in [0.25, 0.3) is 42.6 Å². The maximum atomic E-state index is 12.1. The summed E-state index contributed by atoms with van der Waals surface area (Å²) in [6.07, 6.45) is 0. The van der Waals surface area contributed by atoms with Crippen LogP contribution in [0.4, 0.5) is 5.69 Å². The van der Waals surface area contributed by atoms with Gasteiger partial charge >= 0.3 is 5.63 Å². The Bertz CT molecular complexity index is 1360. The molecule has 7 nitrogen and oxygen atoms in total. The highest BCUT2D eigenvalue weighted by Crippen LogP contribution is 2.36. The molecule has 0 bridgehead atoms. The first-order valence-corrected chi connectivity index (χ1v) is 7.99. The molecule has 0 saturated heterocycles. The lowest BCUT2D eigenvalue weighted by Gasteiger charge is -2.04. The van der Waals surface area contributed by atoms with Crippen molar-refractivity contribution in [2.45, 2.75) is 6.92 Å². The van der Waals surface area contributed by atoms with Gasteiger partial charge in [0, 0.05) is 6.92 Å². The largest absolute Gasteiger partial charge is 0.408 e. The number of hydrogen-bond donors (Lipinski definition) is 1. The van der Waals surface area contributed by atoms with Crippen LogP contribution < -0.4 is 11.4 Å². The monoisotopic (exact) mass is 335 g/mol. The van der Waals surface area contributed by atoms with Gasteiger partial charge in [-0.1, -0.05) is 12.1 Å². The van der Waals surface area contributed by atoms with Crippen LogP contribution in [-0.4, -0.2) is 19.9 Å². The summed E-state index contributed by atoms with van der Waals surface area (Å²) in [6, 6.07) is 7.52. The molecule has 0 aliphatic rings. The molecular weight excluding hydrogens is 326 g/mol. The topological polar surface area (TPSA) is 108 Å². The van der Waals surface area contributed by atoms with Crippen LogP contribution in [0.5, 0.6) is 0 Å². The van der Waals surface area contributed by atoms with E-state index in [4.69, 9.17) is 10.2 Å². The summed E-state index contributed by atoms with van der Waals surface area (Å²) >= 11 is 1.20. The zero-order chi connectivity index (χ0) is 16.4. The predicted octanol–water partition coefficient (Wildman–Crippen LogP) is 2.78. The first-order chi connectivity index (χ1) is 11.6. The van der Waals surface area contributed by atoms with Crippen LogP contribution >= 0.6 is 11.3 Å². The first-order valence-electron chi connectivity index (χ1n) is 7.18. The number of aromatic nitrogens is 4. The lowest BCUT2D eigenvalue weighted by molar-refractivity contribution is 0.468. The van der Waals surface area contributed by atoms with Gasteiger partial charge in [-0.3, -0.25) is 0 Å². The first kappa shape index (κ1) is 13.3. The Morgan fingerprint density at radius 2 is 1.79 bits per heavy atom. The summed E-state index contributed by atoms with van der Waals surface area (Å²) in [6.45, 7) is 1.63. The molecule has 5 aromatic rings. The van der Waals surface area contributed by atoms with Gasteiger partial charge in [-0.05, 0) is 12.1 Å². The Labute approximate surface area is 137 Å². The van der Waals surface area contributed by atoms with E-state index in [2.05, 4.69) is 19.9 Å². The Balaban J connectivity index is 2.05. The number of rotatable bonds is 0. The van der Waals surface area contributed by atoms with Crippen LogP contribution in [0, 0.1) is 6.92 Å². The number of nitrogen functional groups attached to an aromatic ring is 1. The van der Waals surface area contributed by atoms with Crippen LogP contribution in [0.15, 0.2) is 33.5 Å². The molecule has 0 fully saturated rings. The van der Waals surface area contributed by atoms with Crippen LogP contribution in [0.1, 0.15) is 5.89 Å². The molecule has 2 N–H and O–H groups in total. The number of anilines is 1. The third kappa shape index (κ3) is 1.68. The maximum Gasteiger partial charge on any atom is 0.357 e. The molecule has 0 amide bonds. The molecule has 1 aromatic carbocycles. The van der Waals surface area contributed by atoms with Crippen molar-refractivity contribution in [3.05, 3.63) is 40.6 Å². The van der Waals surface area contributed by atoms with Crippen LogP contribution in [-0.2, 0) is 0 Å². The number of hydrogen-bond acceptors (Lipinski definition) is 8. The van der Waals surface area contributed by atoms with Crippen molar-refractivity contribution in [1.82, 2.24) is 19.9 Å².